The van der Waals surface area contributed by atoms with Crippen LogP contribution in [0.3, 0.4) is 0 Å². The van der Waals surface area contributed by atoms with Crippen molar-refractivity contribution >= 4 is 0 Å². The standard InChI is InChI=1S/C8H13N3O/c1-12-8-4-10-11(6-8)5-7-2-9-3-7/h4,6-7,9H,2-3,5H2,1H3. The van der Waals surface area contributed by atoms with Crippen LogP contribution in [0.2, 0.25) is 0 Å². The Kier molecular flexibility index (Phi) is 1.99. The molecule has 4 nitrogen and oxygen atoms in total. The monoisotopic (exact) mass is 167 g/mol. The van der Waals surface area contributed by atoms with Gasteiger partial charge >= 0.3 is 0 Å². The van der Waals surface area contributed by atoms with E-state index in [2.05, 4.69) is 10.4 Å². The minimum atomic E-state index is 0.745. The molecule has 1 aromatic heterocycles. The summed E-state index contributed by atoms with van der Waals surface area (Å²) in [4.78, 5) is 0. The first kappa shape index (κ1) is 7.61. The van der Waals surface area contributed by atoms with Gasteiger partial charge in [0.1, 0.15) is 0 Å². The maximum absolute atomic E-state index is 5.03. The molecule has 1 aromatic rings. The van der Waals surface area contributed by atoms with E-state index in [4.69, 9.17) is 4.74 Å². The van der Waals surface area contributed by atoms with Crippen LogP contribution >= 0.6 is 0 Å². The molecule has 0 aliphatic carbocycles. The number of nitrogens with one attached hydrogen (secondary N) is 1. The van der Waals surface area contributed by atoms with Gasteiger partial charge in [-0.3, -0.25) is 4.68 Å². The normalized spacial score (nSPS) is 17.4. The average molecular weight is 167 g/mol. The molecule has 4 heteroatoms. The second-order valence-electron chi connectivity index (χ2n) is 3.13. The molecule has 66 valence electrons. The minimum Gasteiger partial charge on any atom is -0.493 e. The third kappa shape index (κ3) is 1.43. The molecule has 12 heavy (non-hydrogen) atoms. The Labute approximate surface area is 71.5 Å². The Morgan fingerprint density at radius 3 is 3.08 bits per heavy atom. The molecule has 0 radical (unpaired) electrons. The Bertz CT molecular complexity index is 255. The van der Waals surface area contributed by atoms with Crippen LogP contribution in [0.15, 0.2) is 12.4 Å². The first-order chi connectivity index (χ1) is 5.88. The summed E-state index contributed by atoms with van der Waals surface area (Å²) in [6.07, 6.45) is 3.67. The minimum absolute atomic E-state index is 0.745. The lowest BCUT2D eigenvalue weighted by molar-refractivity contribution is 0.295. The molecule has 1 N–H and O–H groups in total. The lowest BCUT2D eigenvalue weighted by Crippen LogP contribution is -2.44. The summed E-state index contributed by atoms with van der Waals surface area (Å²) in [5.41, 5.74) is 0. The van der Waals surface area contributed by atoms with Crippen molar-refractivity contribution in [3.63, 3.8) is 0 Å². The molecule has 2 heterocycles. The molecule has 1 fully saturated rings. The van der Waals surface area contributed by atoms with Crippen molar-refractivity contribution in [2.75, 3.05) is 20.2 Å². The third-order valence-electron chi connectivity index (χ3n) is 2.16. The molecule has 1 saturated heterocycles. The van der Waals surface area contributed by atoms with Crippen LogP contribution in [0.25, 0.3) is 0 Å². The molecule has 0 saturated carbocycles. The molecule has 0 unspecified atom stereocenters. The number of ether oxygens (including phenoxy) is 1. The molecule has 0 spiro atoms. The summed E-state index contributed by atoms with van der Waals surface area (Å²) in [5, 5.41) is 7.40. The Morgan fingerprint density at radius 1 is 1.75 bits per heavy atom. The van der Waals surface area contributed by atoms with Gasteiger partial charge in [-0.1, -0.05) is 0 Å². The van der Waals surface area contributed by atoms with E-state index in [0.29, 0.717) is 0 Å². The highest BCUT2D eigenvalue weighted by molar-refractivity contribution is 5.11. The van der Waals surface area contributed by atoms with Crippen LogP contribution in [0.5, 0.6) is 5.75 Å². The number of hydrogen-bond acceptors (Lipinski definition) is 3. The number of nitrogens with zero attached hydrogens (tertiary/aromatic N) is 2. The van der Waals surface area contributed by atoms with E-state index in [0.717, 1.165) is 31.3 Å². The van der Waals surface area contributed by atoms with Crippen LogP contribution in [0, 0.1) is 5.92 Å². The van der Waals surface area contributed by atoms with Gasteiger partial charge in [0.25, 0.3) is 0 Å². The highest BCUT2D eigenvalue weighted by atomic mass is 16.5. The SMILES string of the molecule is COc1cnn(CC2CNC2)c1. The maximum Gasteiger partial charge on any atom is 0.156 e. The summed E-state index contributed by atoms with van der Waals surface area (Å²) in [7, 11) is 1.66. The predicted molar refractivity (Wildman–Crippen MR) is 45.1 cm³/mol. The van der Waals surface area contributed by atoms with Gasteiger partial charge in [-0.25, -0.2) is 0 Å². The van der Waals surface area contributed by atoms with E-state index in [9.17, 15) is 0 Å². The lowest BCUT2D eigenvalue weighted by atomic mass is 10.0. The molecule has 0 aromatic carbocycles. The van der Waals surface area contributed by atoms with Gasteiger partial charge in [-0.15, -0.1) is 0 Å². The molecule has 0 atom stereocenters. The van der Waals surface area contributed by atoms with Gasteiger partial charge < -0.3 is 10.1 Å². The van der Waals surface area contributed by atoms with E-state index >= 15 is 0 Å². The topological polar surface area (TPSA) is 39.1 Å². The van der Waals surface area contributed by atoms with Gasteiger partial charge in [0.05, 0.1) is 19.5 Å². The van der Waals surface area contributed by atoms with Gasteiger partial charge in [0, 0.05) is 25.6 Å². The fraction of sp³-hybridized carbons (Fsp3) is 0.625. The zero-order chi connectivity index (χ0) is 8.39. The molecule has 2 rings (SSSR count). The summed E-state index contributed by atoms with van der Waals surface area (Å²) >= 11 is 0. The van der Waals surface area contributed by atoms with Crippen molar-refractivity contribution in [1.82, 2.24) is 15.1 Å². The van der Waals surface area contributed by atoms with Crippen molar-refractivity contribution in [3.05, 3.63) is 12.4 Å². The quantitative estimate of drug-likeness (QED) is 0.694. The molecule has 1 aliphatic heterocycles. The van der Waals surface area contributed by atoms with E-state index < -0.39 is 0 Å². The Morgan fingerprint density at radius 2 is 2.58 bits per heavy atom. The third-order valence-corrected chi connectivity index (χ3v) is 2.16. The van der Waals surface area contributed by atoms with Crippen LogP contribution in [-0.4, -0.2) is 30.0 Å². The lowest BCUT2D eigenvalue weighted by Gasteiger charge is -2.26. The predicted octanol–water partition coefficient (Wildman–Crippen LogP) is 0.111. The van der Waals surface area contributed by atoms with Gasteiger partial charge in [-0.05, 0) is 0 Å². The molecule has 0 amide bonds. The summed E-state index contributed by atoms with van der Waals surface area (Å²) in [6, 6.07) is 0. The Hall–Kier alpha value is -1.03. The highest BCUT2D eigenvalue weighted by Gasteiger charge is 2.17. The smallest absolute Gasteiger partial charge is 0.156 e. The van der Waals surface area contributed by atoms with Crippen molar-refractivity contribution in [2.45, 2.75) is 6.54 Å². The van der Waals surface area contributed by atoms with Crippen LogP contribution in [0.4, 0.5) is 0 Å². The van der Waals surface area contributed by atoms with E-state index in [1.165, 1.54) is 0 Å². The maximum atomic E-state index is 5.03. The Balaban J connectivity index is 1.93. The van der Waals surface area contributed by atoms with Gasteiger partial charge in [-0.2, -0.15) is 5.10 Å². The zero-order valence-corrected chi connectivity index (χ0v) is 7.16. The summed E-state index contributed by atoms with van der Waals surface area (Å²) in [5.74, 6) is 1.58. The van der Waals surface area contributed by atoms with Crippen molar-refractivity contribution < 1.29 is 4.74 Å². The second-order valence-corrected chi connectivity index (χ2v) is 3.13. The molecular weight excluding hydrogens is 154 g/mol. The van der Waals surface area contributed by atoms with Crippen molar-refractivity contribution in [1.29, 1.82) is 0 Å². The average Bonchev–Trinajstić information content (AvgIpc) is 2.44. The first-order valence-corrected chi connectivity index (χ1v) is 4.15. The second kappa shape index (κ2) is 3.15. The number of aromatic nitrogens is 2. The number of methoxy groups -OCH3 is 1. The van der Waals surface area contributed by atoms with Gasteiger partial charge in [0.15, 0.2) is 5.75 Å². The molecular formula is C8H13N3O. The van der Waals surface area contributed by atoms with Crippen molar-refractivity contribution in [3.8, 4) is 5.75 Å². The van der Waals surface area contributed by atoms with Crippen molar-refractivity contribution in [2.24, 2.45) is 5.92 Å². The zero-order valence-electron chi connectivity index (χ0n) is 7.16. The summed E-state index contributed by atoms with van der Waals surface area (Å²) < 4.78 is 6.96. The van der Waals surface area contributed by atoms with Gasteiger partial charge in [0.2, 0.25) is 0 Å². The van der Waals surface area contributed by atoms with Crippen LogP contribution in [-0.2, 0) is 6.54 Å². The first-order valence-electron chi connectivity index (χ1n) is 4.15. The largest absolute Gasteiger partial charge is 0.493 e. The molecule has 1 aliphatic rings. The van der Waals surface area contributed by atoms with E-state index in [-0.39, 0.29) is 0 Å². The number of hydrogen-bond donors (Lipinski definition) is 1. The fourth-order valence-electron chi connectivity index (χ4n) is 1.29. The number of rotatable bonds is 3. The summed E-state index contributed by atoms with van der Waals surface area (Å²) in [6.45, 7) is 3.22. The highest BCUT2D eigenvalue weighted by Crippen LogP contribution is 2.10. The van der Waals surface area contributed by atoms with Crippen LogP contribution in [0.1, 0.15) is 0 Å². The van der Waals surface area contributed by atoms with Crippen LogP contribution < -0.4 is 10.1 Å². The van der Waals surface area contributed by atoms with E-state index in [1.54, 1.807) is 13.3 Å². The molecule has 0 bridgehead atoms. The fourth-order valence-corrected chi connectivity index (χ4v) is 1.29. The van der Waals surface area contributed by atoms with E-state index in [1.807, 2.05) is 10.9 Å².